The van der Waals surface area contributed by atoms with Crippen LogP contribution in [0.15, 0.2) is 30.5 Å². The molecule has 1 unspecified atom stereocenters. The van der Waals surface area contributed by atoms with E-state index in [0.717, 1.165) is 16.5 Å². The van der Waals surface area contributed by atoms with Crippen LogP contribution < -0.4 is 5.73 Å². The molecule has 0 spiro atoms. The molecule has 2 atom stereocenters. The molecule has 1 aromatic carbocycles. The predicted molar refractivity (Wildman–Crippen MR) is 82.0 cm³/mol. The van der Waals surface area contributed by atoms with Crippen LogP contribution in [0.25, 0.3) is 10.9 Å². The van der Waals surface area contributed by atoms with Crippen molar-refractivity contribution in [2.24, 2.45) is 5.73 Å². The highest BCUT2D eigenvalue weighted by atomic mass is 16.6. The number of carbonyl (C=O) groups excluding carboxylic acids is 1. The number of hydrogen-bond acceptors (Lipinski definition) is 4. The standard InChI is InChI=1S/C16H22N2O3/c1-3-20-10-11(2)21-16(19)14(17)8-12-9-18-15-7-5-4-6-13(12)15/h4-7,9,11,14,18H,3,8,10,17H2,1-2H3/t11?,14-/m1/s1. The highest BCUT2D eigenvalue weighted by molar-refractivity contribution is 5.84. The Morgan fingerprint density at radius 3 is 2.90 bits per heavy atom. The largest absolute Gasteiger partial charge is 0.459 e. The monoisotopic (exact) mass is 290 g/mol. The number of esters is 1. The van der Waals surface area contributed by atoms with Gasteiger partial charge in [-0.15, -0.1) is 0 Å². The van der Waals surface area contributed by atoms with E-state index in [1.54, 1.807) is 6.92 Å². The van der Waals surface area contributed by atoms with E-state index in [0.29, 0.717) is 19.6 Å². The van der Waals surface area contributed by atoms with Gasteiger partial charge < -0.3 is 20.2 Å². The van der Waals surface area contributed by atoms with Gasteiger partial charge in [-0.2, -0.15) is 0 Å². The number of para-hydroxylation sites is 1. The van der Waals surface area contributed by atoms with E-state index in [-0.39, 0.29) is 6.10 Å². The lowest BCUT2D eigenvalue weighted by molar-refractivity contribution is -0.152. The Bertz CT molecular complexity index is 594. The first-order chi connectivity index (χ1) is 10.1. The summed E-state index contributed by atoms with van der Waals surface area (Å²) in [5, 5.41) is 1.09. The van der Waals surface area contributed by atoms with Crippen LogP contribution >= 0.6 is 0 Å². The molecule has 0 radical (unpaired) electrons. The van der Waals surface area contributed by atoms with Crippen LogP contribution in [0.4, 0.5) is 0 Å². The maximum atomic E-state index is 12.0. The molecule has 1 heterocycles. The maximum Gasteiger partial charge on any atom is 0.323 e. The van der Waals surface area contributed by atoms with E-state index in [4.69, 9.17) is 15.2 Å². The Morgan fingerprint density at radius 2 is 2.14 bits per heavy atom. The van der Waals surface area contributed by atoms with Gasteiger partial charge in [0.1, 0.15) is 12.1 Å². The number of nitrogens with one attached hydrogen (secondary N) is 1. The molecule has 2 aromatic rings. The molecular weight excluding hydrogens is 268 g/mol. The fraction of sp³-hybridized carbons (Fsp3) is 0.438. The van der Waals surface area contributed by atoms with Gasteiger partial charge in [0.25, 0.3) is 0 Å². The summed E-state index contributed by atoms with van der Waals surface area (Å²) in [5.74, 6) is -0.396. The van der Waals surface area contributed by atoms with E-state index in [1.807, 2.05) is 37.4 Å². The van der Waals surface area contributed by atoms with Crippen LogP contribution in [-0.4, -0.2) is 36.3 Å². The zero-order chi connectivity index (χ0) is 15.2. The summed E-state index contributed by atoms with van der Waals surface area (Å²) in [6.45, 7) is 4.69. The van der Waals surface area contributed by atoms with Crippen molar-refractivity contribution < 1.29 is 14.3 Å². The molecule has 1 aromatic heterocycles. The van der Waals surface area contributed by atoms with E-state index in [1.165, 1.54) is 0 Å². The second-order valence-corrected chi connectivity index (χ2v) is 5.08. The third-order valence-electron chi connectivity index (χ3n) is 3.29. The third-order valence-corrected chi connectivity index (χ3v) is 3.29. The van der Waals surface area contributed by atoms with Crippen molar-refractivity contribution in [1.82, 2.24) is 4.98 Å². The average Bonchev–Trinajstić information content (AvgIpc) is 2.88. The first-order valence-corrected chi connectivity index (χ1v) is 7.20. The smallest absolute Gasteiger partial charge is 0.323 e. The van der Waals surface area contributed by atoms with Crippen molar-refractivity contribution in [2.75, 3.05) is 13.2 Å². The van der Waals surface area contributed by atoms with Crippen LogP contribution in [-0.2, 0) is 20.7 Å². The Hall–Kier alpha value is -1.85. The fourth-order valence-corrected chi connectivity index (χ4v) is 2.22. The van der Waals surface area contributed by atoms with Crippen molar-refractivity contribution >= 4 is 16.9 Å². The first-order valence-electron chi connectivity index (χ1n) is 7.20. The fourth-order valence-electron chi connectivity index (χ4n) is 2.22. The molecule has 0 fully saturated rings. The second-order valence-electron chi connectivity index (χ2n) is 5.08. The molecule has 114 valence electrons. The molecule has 0 saturated carbocycles. The number of hydrogen-bond donors (Lipinski definition) is 2. The number of aromatic amines is 1. The Labute approximate surface area is 124 Å². The van der Waals surface area contributed by atoms with Gasteiger partial charge in [0.2, 0.25) is 0 Å². The molecule has 5 nitrogen and oxygen atoms in total. The van der Waals surface area contributed by atoms with Gasteiger partial charge in [-0.3, -0.25) is 4.79 Å². The molecule has 0 aliphatic heterocycles. The van der Waals surface area contributed by atoms with Crippen LogP contribution in [0.1, 0.15) is 19.4 Å². The molecule has 0 aliphatic carbocycles. The summed E-state index contributed by atoms with van der Waals surface area (Å²) in [6, 6.07) is 7.26. The number of rotatable bonds is 7. The molecule has 2 rings (SSSR count). The summed E-state index contributed by atoms with van der Waals surface area (Å²) in [7, 11) is 0. The van der Waals surface area contributed by atoms with Crippen molar-refractivity contribution in [3.63, 3.8) is 0 Å². The minimum absolute atomic E-state index is 0.286. The lowest BCUT2D eigenvalue weighted by Gasteiger charge is -2.16. The SMILES string of the molecule is CCOCC(C)OC(=O)[C@H](N)Cc1c[nH]c2ccccc12. The van der Waals surface area contributed by atoms with Crippen molar-refractivity contribution in [1.29, 1.82) is 0 Å². The number of aromatic nitrogens is 1. The van der Waals surface area contributed by atoms with Gasteiger partial charge in [0.15, 0.2) is 0 Å². The zero-order valence-electron chi connectivity index (χ0n) is 12.5. The molecule has 0 saturated heterocycles. The molecule has 0 amide bonds. The Balaban J connectivity index is 1.94. The normalized spacial score (nSPS) is 14.0. The lowest BCUT2D eigenvalue weighted by Crippen LogP contribution is -2.37. The molecule has 21 heavy (non-hydrogen) atoms. The van der Waals surface area contributed by atoms with Gasteiger partial charge in [-0.25, -0.2) is 0 Å². The van der Waals surface area contributed by atoms with Crippen molar-refractivity contribution in [2.45, 2.75) is 32.4 Å². The van der Waals surface area contributed by atoms with Crippen LogP contribution in [0.5, 0.6) is 0 Å². The zero-order valence-corrected chi connectivity index (χ0v) is 12.5. The quantitative estimate of drug-likeness (QED) is 0.765. The van der Waals surface area contributed by atoms with Crippen LogP contribution in [0.2, 0.25) is 0 Å². The number of H-pyrrole nitrogens is 1. The van der Waals surface area contributed by atoms with Crippen molar-refractivity contribution in [3.05, 3.63) is 36.0 Å². The van der Waals surface area contributed by atoms with Gasteiger partial charge in [-0.1, -0.05) is 18.2 Å². The van der Waals surface area contributed by atoms with Gasteiger partial charge in [0, 0.05) is 30.1 Å². The minimum atomic E-state index is -0.673. The van der Waals surface area contributed by atoms with E-state index in [2.05, 4.69) is 4.98 Å². The summed E-state index contributed by atoms with van der Waals surface area (Å²) in [4.78, 5) is 15.1. The van der Waals surface area contributed by atoms with Gasteiger partial charge in [0.05, 0.1) is 6.61 Å². The lowest BCUT2D eigenvalue weighted by atomic mass is 10.1. The second kappa shape index (κ2) is 7.24. The van der Waals surface area contributed by atoms with Crippen LogP contribution in [0.3, 0.4) is 0 Å². The molecule has 0 aliphatic rings. The minimum Gasteiger partial charge on any atom is -0.459 e. The van der Waals surface area contributed by atoms with Gasteiger partial charge in [-0.05, 0) is 25.5 Å². The average molecular weight is 290 g/mol. The summed E-state index contributed by atoms with van der Waals surface area (Å²) < 4.78 is 10.5. The summed E-state index contributed by atoms with van der Waals surface area (Å²) in [5.41, 5.74) is 8.01. The molecular formula is C16H22N2O3. The number of nitrogens with two attached hydrogens (primary N) is 1. The highest BCUT2D eigenvalue weighted by Gasteiger charge is 2.19. The molecule has 0 bridgehead atoms. The maximum absolute atomic E-state index is 12.0. The number of ether oxygens (including phenoxy) is 2. The van der Waals surface area contributed by atoms with Crippen LogP contribution in [0, 0.1) is 0 Å². The Kier molecular flexibility index (Phi) is 5.36. The molecule has 5 heteroatoms. The van der Waals surface area contributed by atoms with E-state index < -0.39 is 12.0 Å². The van der Waals surface area contributed by atoms with E-state index >= 15 is 0 Å². The highest BCUT2D eigenvalue weighted by Crippen LogP contribution is 2.19. The topological polar surface area (TPSA) is 77.3 Å². The third kappa shape index (κ3) is 4.06. The van der Waals surface area contributed by atoms with Crippen molar-refractivity contribution in [3.8, 4) is 0 Å². The van der Waals surface area contributed by atoms with Gasteiger partial charge >= 0.3 is 5.97 Å². The first kappa shape index (κ1) is 15.5. The van der Waals surface area contributed by atoms with E-state index in [9.17, 15) is 4.79 Å². The number of carbonyl (C=O) groups is 1. The summed E-state index contributed by atoms with van der Waals surface area (Å²) >= 11 is 0. The number of fused-ring (bicyclic) bond motifs is 1. The Morgan fingerprint density at radius 1 is 1.38 bits per heavy atom. The summed E-state index contributed by atoms with van der Waals surface area (Å²) in [6.07, 6.45) is 2.05. The predicted octanol–water partition coefficient (Wildman–Crippen LogP) is 2.01. The molecule has 3 N–H and O–H groups in total. The number of benzene rings is 1.